The molecule has 2 aliphatic rings. The predicted octanol–water partition coefficient (Wildman–Crippen LogP) is 2.24. The summed E-state index contributed by atoms with van der Waals surface area (Å²) in [5.41, 5.74) is -0.405. The van der Waals surface area contributed by atoms with Crippen LogP contribution < -0.4 is 5.32 Å². The zero-order chi connectivity index (χ0) is 18.0. The molecule has 0 bridgehead atoms. The largest absolute Gasteiger partial charge is 0.338 e. The van der Waals surface area contributed by atoms with E-state index in [1.165, 1.54) is 0 Å². The quantitative estimate of drug-likeness (QED) is 0.853. The molecule has 2 aliphatic heterocycles. The average Bonchev–Trinajstić information content (AvgIpc) is 2.86. The molecular formula is C19H25N3O3. The Balaban J connectivity index is 1.76. The minimum atomic E-state index is -1.12. The highest BCUT2D eigenvalue weighted by atomic mass is 16.2. The second-order valence-electron chi connectivity index (χ2n) is 6.96. The van der Waals surface area contributed by atoms with E-state index in [1.54, 1.807) is 19.1 Å². The van der Waals surface area contributed by atoms with Gasteiger partial charge in [0.25, 0.3) is 5.91 Å². The van der Waals surface area contributed by atoms with Crippen molar-refractivity contribution in [1.82, 2.24) is 15.1 Å². The van der Waals surface area contributed by atoms with Crippen LogP contribution in [-0.2, 0) is 15.1 Å². The van der Waals surface area contributed by atoms with Gasteiger partial charge in [0.15, 0.2) is 0 Å². The molecule has 4 amide bonds. The van der Waals surface area contributed by atoms with Crippen molar-refractivity contribution in [2.24, 2.45) is 0 Å². The number of carbonyl (C=O) groups is 3. The first-order valence-corrected chi connectivity index (χ1v) is 8.96. The number of likely N-dealkylation sites (tertiary alicyclic amines) is 1. The summed E-state index contributed by atoms with van der Waals surface area (Å²) < 4.78 is 0. The maximum Gasteiger partial charge on any atom is 0.325 e. The van der Waals surface area contributed by atoms with Gasteiger partial charge >= 0.3 is 6.03 Å². The molecule has 0 spiro atoms. The van der Waals surface area contributed by atoms with E-state index in [0.29, 0.717) is 12.1 Å². The van der Waals surface area contributed by atoms with Gasteiger partial charge < -0.3 is 10.2 Å². The average molecular weight is 343 g/mol. The molecule has 1 aromatic rings. The van der Waals surface area contributed by atoms with Gasteiger partial charge in [-0.3, -0.25) is 14.5 Å². The summed E-state index contributed by atoms with van der Waals surface area (Å²) >= 11 is 0. The van der Waals surface area contributed by atoms with E-state index < -0.39 is 11.6 Å². The van der Waals surface area contributed by atoms with Crippen LogP contribution in [-0.4, -0.2) is 46.8 Å². The first-order valence-electron chi connectivity index (χ1n) is 8.96. The van der Waals surface area contributed by atoms with Crippen molar-refractivity contribution in [3.8, 4) is 0 Å². The maximum absolute atomic E-state index is 12.9. The smallest absolute Gasteiger partial charge is 0.325 e. The van der Waals surface area contributed by atoms with Crippen LogP contribution in [0, 0.1) is 0 Å². The van der Waals surface area contributed by atoms with E-state index in [4.69, 9.17) is 0 Å². The standard InChI is InChI=1S/C19H25N3O3/c1-3-15-11-7-8-12-21(15)16(23)13-22-17(24)19(2,20-18(22)25)14-9-5-4-6-10-14/h4-6,9-10,15H,3,7-8,11-13H2,1-2H3,(H,20,25)/t15-,19+/m0/s1. The fourth-order valence-electron chi connectivity index (χ4n) is 3.79. The van der Waals surface area contributed by atoms with E-state index in [1.807, 2.05) is 23.1 Å². The molecular weight excluding hydrogens is 318 g/mol. The molecule has 134 valence electrons. The summed E-state index contributed by atoms with van der Waals surface area (Å²) in [6.07, 6.45) is 3.99. The number of urea groups is 1. The highest BCUT2D eigenvalue weighted by molar-refractivity contribution is 6.09. The zero-order valence-corrected chi connectivity index (χ0v) is 14.8. The van der Waals surface area contributed by atoms with E-state index in [9.17, 15) is 14.4 Å². The molecule has 0 aromatic heterocycles. The third kappa shape index (κ3) is 3.13. The molecule has 0 aliphatic carbocycles. The lowest BCUT2D eigenvalue weighted by Gasteiger charge is -2.36. The zero-order valence-electron chi connectivity index (χ0n) is 14.8. The van der Waals surface area contributed by atoms with Gasteiger partial charge in [0.05, 0.1) is 0 Å². The van der Waals surface area contributed by atoms with Crippen LogP contribution in [0.15, 0.2) is 30.3 Å². The van der Waals surface area contributed by atoms with Gasteiger partial charge in [-0.05, 0) is 38.2 Å². The van der Waals surface area contributed by atoms with Gasteiger partial charge in [-0.1, -0.05) is 37.3 Å². The van der Waals surface area contributed by atoms with Crippen LogP contribution in [0.1, 0.15) is 45.1 Å². The van der Waals surface area contributed by atoms with Crippen molar-refractivity contribution in [3.05, 3.63) is 35.9 Å². The molecule has 0 saturated carbocycles. The van der Waals surface area contributed by atoms with Gasteiger partial charge in [-0.2, -0.15) is 0 Å². The topological polar surface area (TPSA) is 69.7 Å². The molecule has 1 aromatic carbocycles. The second-order valence-corrected chi connectivity index (χ2v) is 6.96. The predicted molar refractivity (Wildman–Crippen MR) is 93.7 cm³/mol. The van der Waals surface area contributed by atoms with E-state index in [-0.39, 0.29) is 24.4 Å². The second kappa shape index (κ2) is 6.86. The van der Waals surface area contributed by atoms with Crippen molar-refractivity contribution in [1.29, 1.82) is 0 Å². The Bertz CT molecular complexity index is 676. The molecule has 6 heteroatoms. The van der Waals surface area contributed by atoms with Crippen LogP contribution in [0.4, 0.5) is 4.79 Å². The molecule has 0 unspecified atom stereocenters. The summed E-state index contributed by atoms with van der Waals surface area (Å²) in [4.78, 5) is 40.8. The summed E-state index contributed by atoms with van der Waals surface area (Å²) in [5, 5.41) is 2.75. The van der Waals surface area contributed by atoms with Crippen molar-refractivity contribution in [2.75, 3.05) is 13.1 Å². The number of rotatable bonds is 4. The Morgan fingerprint density at radius 2 is 1.96 bits per heavy atom. The van der Waals surface area contributed by atoms with Gasteiger partial charge in [-0.25, -0.2) is 4.79 Å². The van der Waals surface area contributed by atoms with Crippen molar-refractivity contribution >= 4 is 17.8 Å². The SMILES string of the molecule is CC[C@H]1CCCCN1C(=O)CN1C(=O)N[C@](C)(c2ccccc2)C1=O. The Morgan fingerprint density at radius 1 is 1.24 bits per heavy atom. The molecule has 3 rings (SSSR count). The fraction of sp³-hybridized carbons (Fsp3) is 0.526. The van der Waals surface area contributed by atoms with E-state index >= 15 is 0 Å². The van der Waals surface area contributed by atoms with Crippen molar-refractivity contribution < 1.29 is 14.4 Å². The molecule has 2 atom stereocenters. The third-order valence-electron chi connectivity index (χ3n) is 5.34. The van der Waals surface area contributed by atoms with E-state index in [2.05, 4.69) is 12.2 Å². The summed E-state index contributed by atoms with van der Waals surface area (Å²) in [5.74, 6) is -0.519. The molecule has 2 saturated heterocycles. The Morgan fingerprint density at radius 3 is 2.64 bits per heavy atom. The van der Waals surface area contributed by atoms with Crippen molar-refractivity contribution in [3.63, 3.8) is 0 Å². The normalized spacial score (nSPS) is 26.7. The number of carbonyl (C=O) groups excluding carboxylic acids is 3. The lowest BCUT2D eigenvalue weighted by molar-refractivity contribution is -0.141. The van der Waals surface area contributed by atoms with Gasteiger partial charge in [0.2, 0.25) is 5.91 Å². The first-order chi connectivity index (χ1) is 12.0. The number of amides is 4. The number of hydrogen-bond acceptors (Lipinski definition) is 3. The first kappa shape index (κ1) is 17.5. The third-order valence-corrected chi connectivity index (χ3v) is 5.34. The summed E-state index contributed by atoms with van der Waals surface area (Å²) in [6, 6.07) is 8.83. The van der Waals surface area contributed by atoms with Gasteiger partial charge in [-0.15, -0.1) is 0 Å². The van der Waals surface area contributed by atoms with Crippen LogP contribution in [0.5, 0.6) is 0 Å². The summed E-state index contributed by atoms with van der Waals surface area (Å²) in [7, 11) is 0. The number of nitrogens with zero attached hydrogens (tertiary/aromatic N) is 2. The Kier molecular flexibility index (Phi) is 4.79. The van der Waals surface area contributed by atoms with Crippen LogP contribution in [0.3, 0.4) is 0 Å². The highest BCUT2D eigenvalue weighted by Crippen LogP contribution is 2.29. The van der Waals surface area contributed by atoms with Gasteiger partial charge in [0, 0.05) is 12.6 Å². The number of benzene rings is 1. The molecule has 25 heavy (non-hydrogen) atoms. The van der Waals surface area contributed by atoms with Gasteiger partial charge in [0.1, 0.15) is 12.1 Å². The number of hydrogen-bond donors (Lipinski definition) is 1. The monoisotopic (exact) mass is 343 g/mol. The van der Waals surface area contributed by atoms with E-state index in [0.717, 1.165) is 30.6 Å². The maximum atomic E-state index is 12.9. The van der Waals surface area contributed by atoms with Crippen LogP contribution in [0.2, 0.25) is 0 Å². The Hall–Kier alpha value is -2.37. The summed E-state index contributed by atoms with van der Waals surface area (Å²) in [6.45, 7) is 4.26. The lowest BCUT2D eigenvalue weighted by Crippen LogP contribution is -2.49. The minimum absolute atomic E-state index is 0.146. The molecule has 0 radical (unpaired) electrons. The molecule has 2 heterocycles. The molecule has 6 nitrogen and oxygen atoms in total. The molecule has 2 fully saturated rings. The minimum Gasteiger partial charge on any atom is -0.338 e. The number of piperidine rings is 1. The Labute approximate surface area is 148 Å². The lowest BCUT2D eigenvalue weighted by atomic mass is 9.92. The highest BCUT2D eigenvalue weighted by Gasteiger charge is 2.49. The number of imide groups is 1. The van der Waals surface area contributed by atoms with Crippen LogP contribution >= 0.6 is 0 Å². The molecule has 1 N–H and O–H groups in total. The number of nitrogens with one attached hydrogen (secondary N) is 1. The van der Waals surface area contributed by atoms with Crippen molar-refractivity contribution in [2.45, 2.75) is 51.1 Å². The fourth-order valence-corrected chi connectivity index (χ4v) is 3.79. The van der Waals surface area contributed by atoms with Crippen LogP contribution in [0.25, 0.3) is 0 Å².